The number of amides is 1. The molecule has 1 fully saturated rings. The van der Waals surface area contributed by atoms with Gasteiger partial charge in [0, 0.05) is 32.4 Å². The molecule has 39 heavy (non-hydrogen) atoms. The average Bonchev–Trinajstić information content (AvgIpc) is 3.78. The van der Waals surface area contributed by atoms with Crippen LogP contribution in [0.25, 0.3) is 0 Å². The summed E-state index contributed by atoms with van der Waals surface area (Å²) in [6, 6.07) is 12.8. The highest BCUT2D eigenvalue weighted by Gasteiger charge is 2.51. The molecule has 0 unspecified atom stereocenters. The van der Waals surface area contributed by atoms with E-state index in [1.54, 1.807) is 0 Å². The van der Waals surface area contributed by atoms with Crippen LogP contribution in [-0.2, 0) is 32.6 Å². The third-order valence-corrected chi connectivity index (χ3v) is 7.92. The molecule has 1 aliphatic heterocycles. The molecule has 212 valence electrons. The molecule has 8 nitrogen and oxygen atoms in total. The number of benzene rings is 1. The summed E-state index contributed by atoms with van der Waals surface area (Å²) >= 11 is 0. The number of rotatable bonds is 16. The number of aliphatic carboxylic acids is 1. The van der Waals surface area contributed by atoms with E-state index in [1.807, 2.05) is 35.2 Å². The number of carbonyl (C=O) groups excluding carboxylic acids is 1. The van der Waals surface area contributed by atoms with Gasteiger partial charge in [0.05, 0.1) is 11.5 Å². The summed E-state index contributed by atoms with van der Waals surface area (Å²) in [6.07, 6.45) is 5.87. The van der Waals surface area contributed by atoms with E-state index in [-0.39, 0.29) is 12.3 Å². The normalized spacial score (nSPS) is 17.1. The number of aryl methyl sites for hydroxylation is 2. The molecule has 1 saturated carbocycles. The molecule has 0 saturated heterocycles. The zero-order valence-corrected chi connectivity index (χ0v) is 22.8. The van der Waals surface area contributed by atoms with Gasteiger partial charge in [0.1, 0.15) is 18.5 Å². The second-order valence-electron chi connectivity index (χ2n) is 10.7. The van der Waals surface area contributed by atoms with Gasteiger partial charge in [0.15, 0.2) is 0 Å². The molecule has 3 N–H and O–H groups in total. The van der Waals surface area contributed by atoms with Gasteiger partial charge in [-0.05, 0) is 75.1 Å². The number of anilines is 1. The SMILES string of the molecule is CO[C@H](CF)CN(CCCCc1ccc2c(n1)NCCC2)CC[C@H](NC(=O)C1(c2ccccc2)CC1)C(=O)O. The van der Waals surface area contributed by atoms with Crippen LogP contribution in [-0.4, -0.2) is 79.0 Å². The highest BCUT2D eigenvalue weighted by molar-refractivity contribution is 5.94. The lowest BCUT2D eigenvalue weighted by molar-refractivity contribution is -0.142. The van der Waals surface area contributed by atoms with Crippen molar-refractivity contribution in [3.63, 3.8) is 0 Å². The first kappa shape index (κ1) is 29.0. The van der Waals surface area contributed by atoms with Crippen LogP contribution in [0.2, 0.25) is 0 Å². The number of nitrogens with one attached hydrogen (secondary N) is 2. The van der Waals surface area contributed by atoms with Crippen molar-refractivity contribution >= 4 is 17.7 Å². The Bertz CT molecular complexity index is 1090. The number of nitrogens with zero attached hydrogens (tertiary/aromatic N) is 2. The van der Waals surface area contributed by atoms with Crippen LogP contribution in [0.15, 0.2) is 42.5 Å². The van der Waals surface area contributed by atoms with E-state index in [0.717, 1.165) is 55.7 Å². The van der Waals surface area contributed by atoms with Gasteiger partial charge in [-0.15, -0.1) is 0 Å². The van der Waals surface area contributed by atoms with Gasteiger partial charge >= 0.3 is 5.97 Å². The van der Waals surface area contributed by atoms with Crippen molar-refractivity contribution in [3.05, 3.63) is 59.3 Å². The molecule has 2 atom stereocenters. The van der Waals surface area contributed by atoms with E-state index in [0.29, 0.717) is 32.5 Å². The van der Waals surface area contributed by atoms with Crippen LogP contribution in [0.4, 0.5) is 10.2 Å². The fourth-order valence-electron chi connectivity index (χ4n) is 5.31. The Balaban J connectivity index is 1.30. The monoisotopic (exact) mass is 540 g/mol. The van der Waals surface area contributed by atoms with E-state index >= 15 is 0 Å². The minimum Gasteiger partial charge on any atom is -0.480 e. The summed E-state index contributed by atoms with van der Waals surface area (Å²) in [7, 11) is 1.48. The largest absolute Gasteiger partial charge is 0.480 e. The minimum atomic E-state index is -1.06. The third-order valence-electron chi connectivity index (χ3n) is 7.92. The van der Waals surface area contributed by atoms with E-state index in [9.17, 15) is 19.1 Å². The molecule has 2 heterocycles. The smallest absolute Gasteiger partial charge is 0.326 e. The number of halogens is 1. The number of pyridine rings is 1. The molecule has 2 aliphatic rings. The van der Waals surface area contributed by atoms with Crippen molar-refractivity contribution in [1.29, 1.82) is 0 Å². The summed E-state index contributed by atoms with van der Waals surface area (Å²) in [6.45, 7) is 1.80. The highest BCUT2D eigenvalue weighted by Crippen LogP contribution is 2.48. The predicted molar refractivity (Wildman–Crippen MR) is 149 cm³/mol. The lowest BCUT2D eigenvalue weighted by Crippen LogP contribution is -2.47. The van der Waals surface area contributed by atoms with Crippen molar-refractivity contribution in [2.24, 2.45) is 0 Å². The number of methoxy groups -OCH3 is 1. The summed E-state index contributed by atoms with van der Waals surface area (Å²) in [5, 5.41) is 16.0. The van der Waals surface area contributed by atoms with Crippen molar-refractivity contribution in [2.45, 2.75) is 68.9 Å². The number of alkyl halides is 1. The Morgan fingerprint density at radius 2 is 1.97 bits per heavy atom. The Kier molecular flexibility index (Phi) is 10.3. The molecular weight excluding hydrogens is 499 g/mol. The maximum atomic E-state index is 13.4. The van der Waals surface area contributed by atoms with Gasteiger partial charge < -0.3 is 25.4 Å². The van der Waals surface area contributed by atoms with E-state index < -0.39 is 30.2 Å². The van der Waals surface area contributed by atoms with E-state index in [1.165, 1.54) is 12.7 Å². The van der Waals surface area contributed by atoms with Crippen LogP contribution in [0.5, 0.6) is 0 Å². The molecule has 1 aliphatic carbocycles. The zero-order chi connectivity index (χ0) is 27.7. The van der Waals surface area contributed by atoms with Crippen molar-refractivity contribution in [2.75, 3.05) is 45.3 Å². The standard InChI is InChI=1S/C30H41FN4O4/c1-39-25(20-31)21-35(18-6-5-11-24-13-12-22-8-7-17-32-27(22)33-24)19-14-26(28(36)37)34-29(38)30(15-16-30)23-9-3-2-4-10-23/h2-4,9-10,12-13,25-26H,5-8,11,14-21H2,1H3,(H,32,33)(H,34,38)(H,36,37)/t25-,26+/m1/s1. The Morgan fingerprint density at radius 3 is 2.67 bits per heavy atom. The maximum Gasteiger partial charge on any atom is 0.326 e. The van der Waals surface area contributed by atoms with Gasteiger partial charge in [-0.1, -0.05) is 36.4 Å². The number of ether oxygens (including phenoxy) is 1. The number of hydrogen-bond acceptors (Lipinski definition) is 6. The van der Waals surface area contributed by atoms with Gasteiger partial charge in [0.2, 0.25) is 5.91 Å². The first-order chi connectivity index (χ1) is 18.9. The van der Waals surface area contributed by atoms with Crippen molar-refractivity contribution in [1.82, 2.24) is 15.2 Å². The first-order valence-electron chi connectivity index (χ1n) is 14.1. The average molecular weight is 541 g/mol. The quantitative estimate of drug-likeness (QED) is 0.279. The lowest BCUT2D eigenvalue weighted by atomic mass is 9.94. The van der Waals surface area contributed by atoms with Gasteiger partial charge in [0.25, 0.3) is 0 Å². The summed E-state index contributed by atoms with van der Waals surface area (Å²) in [5.74, 6) is -0.306. The first-order valence-corrected chi connectivity index (χ1v) is 14.1. The lowest BCUT2D eigenvalue weighted by Gasteiger charge is -2.27. The van der Waals surface area contributed by atoms with Crippen LogP contribution < -0.4 is 10.6 Å². The van der Waals surface area contributed by atoms with Crippen LogP contribution >= 0.6 is 0 Å². The number of carbonyl (C=O) groups is 2. The van der Waals surface area contributed by atoms with Crippen molar-refractivity contribution in [3.8, 4) is 0 Å². The number of hydrogen-bond donors (Lipinski definition) is 3. The van der Waals surface area contributed by atoms with E-state index in [2.05, 4.69) is 22.8 Å². The van der Waals surface area contributed by atoms with Gasteiger partial charge in [-0.2, -0.15) is 0 Å². The summed E-state index contributed by atoms with van der Waals surface area (Å²) < 4.78 is 18.7. The van der Waals surface area contributed by atoms with Gasteiger partial charge in [-0.25, -0.2) is 14.2 Å². The highest BCUT2D eigenvalue weighted by atomic mass is 19.1. The fraction of sp³-hybridized carbons (Fsp3) is 0.567. The van der Waals surface area contributed by atoms with Crippen LogP contribution in [0.1, 0.15) is 55.3 Å². The molecule has 1 amide bonds. The third kappa shape index (κ3) is 7.76. The number of fused-ring (bicyclic) bond motifs is 1. The molecule has 0 spiro atoms. The summed E-state index contributed by atoms with van der Waals surface area (Å²) in [4.78, 5) is 32.0. The second kappa shape index (κ2) is 13.8. The van der Waals surface area contributed by atoms with Crippen LogP contribution in [0, 0.1) is 0 Å². The topological polar surface area (TPSA) is 104 Å². The molecule has 0 bridgehead atoms. The number of carboxylic acid groups (broad SMARTS) is 1. The fourth-order valence-corrected chi connectivity index (χ4v) is 5.31. The van der Waals surface area contributed by atoms with E-state index in [4.69, 9.17) is 9.72 Å². The Hall–Kier alpha value is -3.04. The second-order valence-corrected chi connectivity index (χ2v) is 10.7. The van der Waals surface area contributed by atoms with Crippen molar-refractivity contribution < 1.29 is 23.8 Å². The zero-order valence-electron chi connectivity index (χ0n) is 22.8. The Morgan fingerprint density at radius 1 is 1.18 bits per heavy atom. The minimum absolute atomic E-state index is 0.229. The molecule has 1 aromatic carbocycles. The molecule has 9 heteroatoms. The molecule has 4 rings (SSSR count). The maximum absolute atomic E-state index is 13.4. The van der Waals surface area contributed by atoms with Gasteiger partial charge in [-0.3, -0.25) is 4.79 Å². The predicted octanol–water partition coefficient (Wildman–Crippen LogP) is 3.74. The summed E-state index contributed by atoms with van der Waals surface area (Å²) in [5.41, 5.74) is 2.60. The molecule has 0 radical (unpaired) electrons. The Labute approximate surface area is 230 Å². The molecule has 2 aromatic rings. The number of carboxylic acids is 1. The number of unbranched alkanes of at least 4 members (excludes halogenated alkanes) is 1. The molecule has 1 aromatic heterocycles. The van der Waals surface area contributed by atoms with Crippen LogP contribution in [0.3, 0.4) is 0 Å². The molecular formula is C30H41FN4O4. The number of aromatic nitrogens is 1.